The van der Waals surface area contributed by atoms with E-state index in [-0.39, 0.29) is 0 Å². The molecule has 0 unspecified atom stereocenters. The molecule has 0 atom stereocenters. The van der Waals surface area contributed by atoms with Crippen molar-refractivity contribution in [3.63, 3.8) is 0 Å². The molecular formula is C5H24N4Si3. The Bertz CT molecular complexity index is 72.7. The molecule has 7 heteroatoms. The summed E-state index contributed by atoms with van der Waals surface area (Å²) >= 11 is 0. The van der Waals surface area contributed by atoms with Gasteiger partial charge in [-0.2, -0.15) is 0 Å². The number of rotatable bonds is 2. The van der Waals surface area contributed by atoms with Crippen LogP contribution in [-0.4, -0.2) is 85.5 Å². The molecule has 0 aliphatic carbocycles. The van der Waals surface area contributed by atoms with Gasteiger partial charge < -0.3 is 0 Å². The van der Waals surface area contributed by atoms with Gasteiger partial charge in [-0.25, -0.2) is 0 Å². The van der Waals surface area contributed by atoms with Gasteiger partial charge in [0.25, 0.3) is 0 Å². The van der Waals surface area contributed by atoms with Crippen LogP contribution in [0.1, 0.15) is 0 Å². The van der Waals surface area contributed by atoms with Crippen molar-refractivity contribution < 1.29 is 0 Å². The maximum Gasteiger partial charge on any atom is 0.0982 e. The van der Waals surface area contributed by atoms with Crippen molar-refractivity contribution in [3.05, 3.63) is 0 Å². The fourth-order valence-electron chi connectivity index (χ4n) is 0. The van der Waals surface area contributed by atoms with Gasteiger partial charge in [-0.3, -0.25) is 19.0 Å². The van der Waals surface area contributed by atoms with E-state index in [2.05, 4.69) is 40.2 Å². The van der Waals surface area contributed by atoms with Gasteiger partial charge in [-0.1, -0.05) is 0 Å². The molecule has 0 rings (SSSR count). The third kappa shape index (κ3) is 13.1. The number of nitrogens with zero attached hydrogens (tertiary/aromatic N) is 4. The Morgan fingerprint density at radius 3 is 0.750 bits per heavy atom. The quantitative estimate of drug-likeness (QED) is 0.350. The predicted octanol–water partition coefficient (Wildman–Crippen LogP) is -4.00. The summed E-state index contributed by atoms with van der Waals surface area (Å²) in [6.45, 7) is 0. The highest BCUT2D eigenvalue weighted by molar-refractivity contribution is 6.09. The summed E-state index contributed by atoms with van der Waals surface area (Å²) in [5.74, 6) is 0. The topological polar surface area (TPSA) is 13.0 Å². The Morgan fingerprint density at radius 2 is 0.750 bits per heavy atom. The SMILES string of the molecule is CN(C)N(C)[SiH3].CN([SiH3])N(C)[SiH3]. The Morgan fingerprint density at radius 1 is 0.583 bits per heavy atom. The lowest BCUT2D eigenvalue weighted by Crippen LogP contribution is -2.31. The van der Waals surface area contributed by atoms with Crippen LogP contribution in [-0.2, 0) is 0 Å². The Labute approximate surface area is 85.9 Å². The normalized spacial score (nSPS) is 11.8. The van der Waals surface area contributed by atoms with Gasteiger partial charge in [0, 0.05) is 14.1 Å². The summed E-state index contributed by atoms with van der Waals surface area (Å²) in [6.07, 6.45) is 0. The zero-order valence-corrected chi connectivity index (χ0v) is 15.8. The minimum Gasteiger partial charge on any atom is -0.285 e. The number of hydrazine groups is 2. The van der Waals surface area contributed by atoms with E-state index in [4.69, 9.17) is 0 Å². The van der Waals surface area contributed by atoms with Crippen LogP contribution in [0.3, 0.4) is 0 Å². The molecule has 0 bridgehead atoms. The van der Waals surface area contributed by atoms with E-state index in [1.807, 2.05) is 14.1 Å². The molecular weight excluding hydrogens is 200 g/mol. The first-order chi connectivity index (χ1) is 5.29. The molecule has 0 spiro atoms. The third-order valence-corrected chi connectivity index (χ3v) is 4.80. The molecule has 0 radical (unpaired) electrons. The first-order valence-electron chi connectivity index (χ1n) is 3.98. The van der Waals surface area contributed by atoms with Gasteiger partial charge in [-0.05, 0) is 21.1 Å². The van der Waals surface area contributed by atoms with Crippen molar-refractivity contribution in [1.29, 1.82) is 0 Å². The Hall–Kier alpha value is 0.491. The fraction of sp³-hybridized carbons (Fsp3) is 1.00. The Kier molecular flexibility index (Phi) is 10.1. The number of hydrogen-bond donors (Lipinski definition) is 0. The molecule has 0 saturated carbocycles. The van der Waals surface area contributed by atoms with Crippen LogP contribution < -0.4 is 0 Å². The van der Waals surface area contributed by atoms with Gasteiger partial charge in [0.05, 0.1) is 31.2 Å². The molecule has 0 saturated heterocycles. The minimum atomic E-state index is 1.11. The van der Waals surface area contributed by atoms with Crippen molar-refractivity contribution in [1.82, 2.24) is 19.0 Å². The first-order valence-corrected chi connectivity index (χ1v) is 6.66. The summed E-state index contributed by atoms with van der Waals surface area (Å²) in [7, 11) is 13.7. The van der Waals surface area contributed by atoms with Crippen molar-refractivity contribution in [2.24, 2.45) is 0 Å². The molecule has 0 aromatic carbocycles. The van der Waals surface area contributed by atoms with E-state index in [0.717, 1.165) is 31.2 Å². The van der Waals surface area contributed by atoms with E-state index >= 15 is 0 Å². The zero-order valence-electron chi connectivity index (χ0n) is 9.79. The second kappa shape index (κ2) is 8.11. The molecule has 4 nitrogen and oxygen atoms in total. The van der Waals surface area contributed by atoms with E-state index < -0.39 is 0 Å². The van der Waals surface area contributed by atoms with Gasteiger partial charge in [0.15, 0.2) is 0 Å². The van der Waals surface area contributed by atoms with Gasteiger partial charge in [0.1, 0.15) is 0 Å². The molecule has 0 aliphatic heterocycles. The van der Waals surface area contributed by atoms with Crippen LogP contribution >= 0.6 is 0 Å². The standard InChI is InChI=1S/C3H12N2Si.C2H12N2Si2/c1-4(2)5(3)6;1-3(5)4(2)6/h1-3,6H3;1-2,5-6H3. The predicted molar refractivity (Wildman–Crippen MR) is 66.8 cm³/mol. The summed E-state index contributed by atoms with van der Waals surface area (Å²) < 4.78 is 6.54. The summed E-state index contributed by atoms with van der Waals surface area (Å²) in [5.41, 5.74) is 0. The molecule has 12 heavy (non-hydrogen) atoms. The van der Waals surface area contributed by atoms with Crippen LogP contribution in [0.15, 0.2) is 0 Å². The van der Waals surface area contributed by atoms with E-state index in [1.54, 1.807) is 0 Å². The fourth-order valence-corrected chi connectivity index (χ4v) is 0. The largest absolute Gasteiger partial charge is 0.285 e. The Balaban J connectivity index is 0. The van der Waals surface area contributed by atoms with Crippen LogP contribution in [0.5, 0.6) is 0 Å². The van der Waals surface area contributed by atoms with Crippen molar-refractivity contribution in [2.75, 3.05) is 35.2 Å². The minimum absolute atomic E-state index is 1.11. The van der Waals surface area contributed by atoms with Gasteiger partial charge in [-0.15, -0.1) is 0 Å². The summed E-state index contributed by atoms with van der Waals surface area (Å²) in [5, 5.41) is 2.06. The average Bonchev–Trinajstić information content (AvgIpc) is 1.88. The maximum absolute atomic E-state index is 2.20. The van der Waals surface area contributed by atoms with Gasteiger partial charge >= 0.3 is 0 Å². The molecule has 0 aliphatic rings. The van der Waals surface area contributed by atoms with Crippen LogP contribution in [0, 0.1) is 0 Å². The molecule has 76 valence electrons. The van der Waals surface area contributed by atoms with Crippen molar-refractivity contribution in [2.45, 2.75) is 0 Å². The van der Waals surface area contributed by atoms with E-state index in [0.29, 0.717) is 0 Å². The molecule has 0 heterocycles. The summed E-state index contributed by atoms with van der Waals surface area (Å²) in [4.78, 5) is 0. The van der Waals surface area contributed by atoms with E-state index in [9.17, 15) is 0 Å². The monoisotopic (exact) mass is 224 g/mol. The van der Waals surface area contributed by atoms with Crippen LogP contribution in [0.25, 0.3) is 0 Å². The van der Waals surface area contributed by atoms with Crippen molar-refractivity contribution in [3.8, 4) is 0 Å². The first kappa shape index (κ1) is 15.0. The highest BCUT2D eigenvalue weighted by Crippen LogP contribution is 1.71. The lowest BCUT2D eigenvalue weighted by Gasteiger charge is -2.18. The lowest BCUT2D eigenvalue weighted by molar-refractivity contribution is 0.166. The highest BCUT2D eigenvalue weighted by atomic mass is 28.2. The van der Waals surface area contributed by atoms with E-state index in [1.165, 1.54) is 0 Å². The second-order valence-corrected chi connectivity index (χ2v) is 7.27. The van der Waals surface area contributed by atoms with Gasteiger partial charge in [0.2, 0.25) is 0 Å². The van der Waals surface area contributed by atoms with Crippen LogP contribution in [0.4, 0.5) is 0 Å². The molecule has 0 fully saturated rings. The van der Waals surface area contributed by atoms with Crippen molar-refractivity contribution >= 4 is 31.2 Å². The second-order valence-electron chi connectivity index (χ2n) is 3.39. The molecule has 0 N–H and O–H groups in total. The smallest absolute Gasteiger partial charge is 0.0982 e. The highest BCUT2D eigenvalue weighted by Gasteiger charge is 1.84. The molecule has 0 aromatic rings. The maximum atomic E-state index is 2.20. The lowest BCUT2D eigenvalue weighted by atomic mass is 11.1. The molecule has 0 amide bonds. The number of hydrogen-bond acceptors (Lipinski definition) is 4. The summed E-state index contributed by atoms with van der Waals surface area (Å²) in [6, 6.07) is 0. The molecule has 0 aromatic heterocycles. The third-order valence-electron chi connectivity index (χ3n) is 1.60. The van der Waals surface area contributed by atoms with Crippen LogP contribution in [0.2, 0.25) is 0 Å². The average molecular weight is 225 g/mol. The zero-order chi connectivity index (χ0) is 10.3.